The van der Waals surface area contributed by atoms with Crippen molar-refractivity contribution < 1.29 is 9.53 Å². The van der Waals surface area contributed by atoms with Crippen molar-refractivity contribution in [1.29, 1.82) is 0 Å². The predicted molar refractivity (Wildman–Crippen MR) is 96.6 cm³/mol. The number of amides is 1. The second-order valence-corrected chi connectivity index (χ2v) is 6.27. The van der Waals surface area contributed by atoms with Gasteiger partial charge in [-0.2, -0.15) is 0 Å². The number of aromatic nitrogens is 1. The lowest BCUT2D eigenvalue weighted by atomic mass is 10.0. The van der Waals surface area contributed by atoms with Gasteiger partial charge in [0, 0.05) is 24.0 Å². The van der Waals surface area contributed by atoms with E-state index in [4.69, 9.17) is 4.74 Å². The van der Waals surface area contributed by atoms with Gasteiger partial charge in [0.15, 0.2) is 0 Å². The number of nitrogens with zero attached hydrogens (tertiary/aromatic N) is 1. The van der Waals surface area contributed by atoms with Crippen molar-refractivity contribution in [3.05, 3.63) is 66.0 Å². The minimum atomic E-state index is -0.188. The molecule has 0 spiro atoms. The van der Waals surface area contributed by atoms with E-state index in [1.165, 1.54) is 0 Å². The Kier molecular flexibility index (Phi) is 6.13. The fourth-order valence-corrected chi connectivity index (χ4v) is 1.96. The molecule has 4 nitrogen and oxygen atoms in total. The molecule has 0 atom stereocenters. The number of carbonyl (C=O) groups excluding carboxylic acids is 1. The van der Waals surface area contributed by atoms with Gasteiger partial charge in [0.1, 0.15) is 12.4 Å². The van der Waals surface area contributed by atoms with Gasteiger partial charge in [0.2, 0.25) is 5.91 Å². The number of hydrogen-bond acceptors (Lipinski definition) is 3. The molecule has 0 radical (unpaired) electrons. The van der Waals surface area contributed by atoms with Crippen molar-refractivity contribution in [3.63, 3.8) is 0 Å². The summed E-state index contributed by atoms with van der Waals surface area (Å²) in [5.74, 6) is 0.709. The number of rotatable bonds is 7. The summed E-state index contributed by atoms with van der Waals surface area (Å²) >= 11 is 0. The van der Waals surface area contributed by atoms with Crippen LogP contribution in [0, 0.1) is 0 Å². The maximum absolute atomic E-state index is 11.9. The lowest BCUT2D eigenvalue weighted by Gasteiger charge is -2.23. The van der Waals surface area contributed by atoms with Crippen LogP contribution in [0.2, 0.25) is 0 Å². The van der Waals surface area contributed by atoms with Gasteiger partial charge in [-0.1, -0.05) is 19.1 Å². The van der Waals surface area contributed by atoms with Gasteiger partial charge in [-0.15, -0.1) is 0 Å². The first kappa shape index (κ1) is 17.7. The van der Waals surface area contributed by atoms with E-state index in [9.17, 15) is 4.79 Å². The van der Waals surface area contributed by atoms with Gasteiger partial charge in [-0.3, -0.25) is 9.78 Å². The molecule has 0 fully saturated rings. The van der Waals surface area contributed by atoms with Gasteiger partial charge in [0.05, 0.1) is 0 Å². The lowest BCUT2D eigenvalue weighted by Crippen LogP contribution is -2.41. The van der Waals surface area contributed by atoms with Crippen LogP contribution in [0.3, 0.4) is 0 Å². The highest BCUT2D eigenvalue weighted by atomic mass is 16.5. The third kappa shape index (κ3) is 5.88. The molecule has 0 aliphatic heterocycles. The molecule has 2 rings (SSSR count). The van der Waals surface area contributed by atoms with Crippen molar-refractivity contribution in [3.8, 4) is 5.75 Å². The van der Waals surface area contributed by atoms with Crippen LogP contribution in [0.4, 0.5) is 0 Å². The second-order valence-electron chi connectivity index (χ2n) is 6.27. The first-order valence-corrected chi connectivity index (χ1v) is 8.10. The Labute approximate surface area is 143 Å². The smallest absolute Gasteiger partial charge is 0.244 e. The second kappa shape index (κ2) is 8.29. The van der Waals surface area contributed by atoms with E-state index >= 15 is 0 Å². The lowest BCUT2D eigenvalue weighted by molar-refractivity contribution is -0.117. The minimum Gasteiger partial charge on any atom is -0.489 e. The molecular weight excluding hydrogens is 300 g/mol. The van der Waals surface area contributed by atoms with E-state index in [2.05, 4.69) is 17.2 Å². The van der Waals surface area contributed by atoms with Gasteiger partial charge in [0.25, 0.3) is 0 Å². The molecule has 24 heavy (non-hydrogen) atoms. The highest BCUT2D eigenvalue weighted by Gasteiger charge is 2.15. The Balaban J connectivity index is 1.87. The van der Waals surface area contributed by atoms with Crippen molar-refractivity contribution in [1.82, 2.24) is 10.3 Å². The van der Waals surface area contributed by atoms with Crippen LogP contribution in [-0.2, 0) is 11.4 Å². The first-order valence-electron chi connectivity index (χ1n) is 8.10. The topological polar surface area (TPSA) is 51.2 Å². The van der Waals surface area contributed by atoms with E-state index in [0.717, 1.165) is 23.3 Å². The average Bonchev–Trinajstić information content (AvgIpc) is 2.59. The summed E-state index contributed by atoms with van der Waals surface area (Å²) in [6.45, 7) is 6.57. The maximum atomic E-state index is 11.9. The molecule has 4 heteroatoms. The number of carbonyl (C=O) groups is 1. The van der Waals surface area contributed by atoms with E-state index < -0.39 is 0 Å². The monoisotopic (exact) mass is 324 g/mol. The highest BCUT2D eigenvalue weighted by Crippen LogP contribution is 2.15. The normalized spacial score (nSPS) is 11.5. The highest BCUT2D eigenvalue weighted by molar-refractivity contribution is 5.92. The van der Waals surface area contributed by atoms with E-state index in [1.54, 1.807) is 24.5 Å². The Hall–Kier alpha value is -2.62. The Morgan fingerprint density at radius 2 is 1.83 bits per heavy atom. The molecule has 0 saturated carbocycles. The van der Waals surface area contributed by atoms with Crippen LogP contribution >= 0.6 is 0 Å². The molecule has 1 amide bonds. The molecule has 0 bridgehead atoms. The summed E-state index contributed by atoms with van der Waals surface area (Å²) < 4.78 is 5.72. The summed E-state index contributed by atoms with van der Waals surface area (Å²) in [7, 11) is 0. The van der Waals surface area contributed by atoms with Crippen LogP contribution in [0.25, 0.3) is 6.08 Å². The van der Waals surface area contributed by atoms with Crippen LogP contribution in [0.5, 0.6) is 5.75 Å². The van der Waals surface area contributed by atoms with Crippen LogP contribution in [0.15, 0.2) is 54.9 Å². The summed E-state index contributed by atoms with van der Waals surface area (Å²) in [5, 5.41) is 2.97. The molecule has 126 valence electrons. The van der Waals surface area contributed by atoms with Crippen LogP contribution in [-0.4, -0.2) is 16.4 Å². The van der Waals surface area contributed by atoms with Crippen LogP contribution in [0.1, 0.15) is 38.3 Å². The standard InChI is InChI=1S/C20H24N2O2/c1-4-20(2,3)22-19(23)10-7-16-5-8-18(9-6-16)24-15-17-11-13-21-14-12-17/h5-14H,4,15H2,1-3H3,(H,22,23). The Morgan fingerprint density at radius 3 is 2.46 bits per heavy atom. The summed E-state index contributed by atoms with van der Waals surface area (Å²) in [4.78, 5) is 15.9. The van der Waals surface area contributed by atoms with E-state index in [0.29, 0.717) is 6.61 Å². The van der Waals surface area contributed by atoms with Gasteiger partial charge >= 0.3 is 0 Å². The molecule has 0 aliphatic carbocycles. The van der Waals surface area contributed by atoms with E-state index in [1.807, 2.05) is 50.2 Å². The van der Waals surface area contributed by atoms with Crippen LogP contribution < -0.4 is 10.1 Å². The van der Waals surface area contributed by atoms with Crippen molar-refractivity contribution in [2.45, 2.75) is 39.3 Å². The minimum absolute atomic E-state index is 0.0835. The molecule has 0 unspecified atom stereocenters. The Morgan fingerprint density at radius 1 is 1.17 bits per heavy atom. The zero-order chi connectivity index (χ0) is 17.4. The van der Waals surface area contributed by atoms with Gasteiger partial charge < -0.3 is 10.1 Å². The number of hydrogen-bond donors (Lipinski definition) is 1. The number of ether oxygens (including phenoxy) is 1. The van der Waals surface area contributed by atoms with Crippen molar-refractivity contribution >= 4 is 12.0 Å². The quantitative estimate of drug-likeness (QED) is 0.784. The molecule has 1 aromatic carbocycles. The average molecular weight is 324 g/mol. The summed E-state index contributed by atoms with van der Waals surface area (Å²) in [6, 6.07) is 11.5. The zero-order valence-electron chi connectivity index (χ0n) is 14.5. The van der Waals surface area contributed by atoms with Crippen molar-refractivity contribution in [2.24, 2.45) is 0 Å². The number of benzene rings is 1. The molecule has 0 aliphatic rings. The fraction of sp³-hybridized carbons (Fsp3) is 0.300. The predicted octanol–water partition coefficient (Wildman–Crippen LogP) is 3.98. The third-order valence-electron chi connectivity index (χ3n) is 3.81. The van der Waals surface area contributed by atoms with Gasteiger partial charge in [-0.25, -0.2) is 0 Å². The maximum Gasteiger partial charge on any atom is 0.244 e. The summed E-state index contributed by atoms with van der Waals surface area (Å²) in [5.41, 5.74) is 1.84. The Bertz CT molecular complexity index is 677. The first-order chi connectivity index (χ1) is 11.5. The number of pyridine rings is 1. The molecule has 1 aromatic heterocycles. The molecule has 1 N–H and O–H groups in total. The molecular formula is C20H24N2O2. The van der Waals surface area contributed by atoms with Crippen molar-refractivity contribution in [2.75, 3.05) is 0 Å². The molecule has 2 aromatic rings. The SMILES string of the molecule is CCC(C)(C)NC(=O)C=Cc1ccc(OCc2ccncc2)cc1. The summed E-state index contributed by atoms with van der Waals surface area (Å²) in [6.07, 6.45) is 7.74. The van der Waals surface area contributed by atoms with Gasteiger partial charge in [-0.05, 0) is 61.7 Å². The third-order valence-corrected chi connectivity index (χ3v) is 3.81. The zero-order valence-corrected chi connectivity index (χ0v) is 14.5. The fourth-order valence-electron chi connectivity index (χ4n) is 1.96. The molecule has 0 saturated heterocycles. The number of nitrogens with one attached hydrogen (secondary N) is 1. The molecule has 1 heterocycles. The largest absolute Gasteiger partial charge is 0.489 e. The van der Waals surface area contributed by atoms with E-state index in [-0.39, 0.29) is 11.4 Å².